The van der Waals surface area contributed by atoms with E-state index in [1.807, 2.05) is 48.5 Å². The Morgan fingerprint density at radius 1 is 1.15 bits per heavy atom. The number of aryl methyl sites for hydroxylation is 1. The molecule has 0 aliphatic carbocycles. The fourth-order valence-corrected chi connectivity index (χ4v) is 5.26. The van der Waals surface area contributed by atoms with Gasteiger partial charge >= 0.3 is 6.03 Å². The van der Waals surface area contributed by atoms with Crippen LogP contribution in [0.1, 0.15) is 50.4 Å². The highest BCUT2D eigenvalue weighted by molar-refractivity contribution is 6.12. The fraction of sp³-hybridized carbons (Fsp3) is 0.370. The number of aromatic nitrogens is 1. The molecule has 7 heteroatoms. The first-order chi connectivity index (χ1) is 16.4. The summed E-state index contributed by atoms with van der Waals surface area (Å²) in [6.07, 6.45) is 3.91. The van der Waals surface area contributed by atoms with E-state index in [0.29, 0.717) is 18.7 Å². The highest BCUT2D eigenvalue weighted by Gasteiger charge is 2.60. The highest BCUT2D eigenvalue weighted by Crippen LogP contribution is 2.44. The molecule has 1 saturated heterocycles. The predicted molar refractivity (Wildman–Crippen MR) is 131 cm³/mol. The molecule has 0 spiro atoms. The quantitative estimate of drug-likeness (QED) is 0.531. The Morgan fingerprint density at radius 2 is 1.88 bits per heavy atom. The zero-order valence-corrected chi connectivity index (χ0v) is 19.9. The van der Waals surface area contributed by atoms with Gasteiger partial charge in [-0.15, -0.1) is 0 Å². The number of imide groups is 1. The van der Waals surface area contributed by atoms with E-state index in [-0.39, 0.29) is 11.8 Å². The lowest BCUT2D eigenvalue weighted by molar-refractivity contribution is -0.137. The maximum Gasteiger partial charge on any atom is 0.328 e. The number of para-hydroxylation sites is 1. The van der Waals surface area contributed by atoms with E-state index in [9.17, 15) is 14.4 Å². The van der Waals surface area contributed by atoms with E-state index in [1.165, 1.54) is 5.56 Å². The average molecular weight is 459 g/mol. The summed E-state index contributed by atoms with van der Waals surface area (Å²) < 4.78 is 0. The average Bonchev–Trinajstić information content (AvgIpc) is 3.32. The first kappa shape index (κ1) is 22.2. The van der Waals surface area contributed by atoms with Crippen molar-refractivity contribution in [1.82, 2.24) is 14.8 Å². The van der Waals surface area contributed by atoms with E-state index >= 15 is 0 Å². The Kier molecular flexibility index (Phi) is 5.42. The Labute approximate surface area is 199 Å². The summed E-state index contributed by atoms with van der Waals surface area (Å²) in [5.41, 5.74) is 3.48. The molecule has 2 aliphatic heterocycles. The van der Waals surface area contributed by atoms with Crippen molar-refractivity contribution < 1.29 is 14.4 Å². The van der Waals surface area contributed by atoms with E-state index in [4.69, 9.17) is 0 Å². The van der Waals surface area contributed by atoms with Crippen LogP contribution in [0.2, 0.25) is 0 Å². The van der Waals surface area contributed by atoms with Crippen molar-refractivity contribution >= 4 is 34.4 Å². The molecule has 4 amide bonds. The van der Waals surface area contributed by atoms with Crippen LogP contribution in [0.3, 0.4) is 0 Å². The van der Waals surface area contributed by atoms with Crippen molar-refractivity contribution in [2.75, 3.05) is 11.9 Å². The first-order valence-corrected chi connectivity index (χ1v) is 12.0. The monoisotopic (exact) mass is 458 g/mol. The van der Waals surface area contributed by atoms with Gasteiger partial charge in [0.25, 0.3) is 5.91 Å². The number of hydrogen-bond acceptors (Lipinski definition) is 3. The van der Waals surface area contributed by atoms with Gasteiger partial charge in [0, 0.05) is 23.1 Å². The lowest BCUT2D eigenvalue weighted by atomic mass is 9.87. The van der Waals surface area contributed by atoms with E-state index in [1.54, 1.807) is 18.7 Å². The van der Waals surface area contributed by atoms with Crippen molar-refractivity contribution in [3.63, 3.8) is 0 Å². The molecular weight excluding hydrogens is 428 g/mol. The molecule has 2 aromatic carbocycles. The molecule has 0 saturated carbocycles. The summed E-state index contributed by atoms with van der Waals surface area (Å²) in [5, 5.41) is 3.94. The number of fused-ring (bicyclic) bond motifs is 5. The number of carbonyl (C=O) groups is 3. The molecule has 1 fully saturated rings. The molecule has 2 N–H and O–H groups in total. The zero-order chi connectivity index (χ0) is 24.0. The minimum atomic E-state index is -1.15. The lowest BCUT2D eigenvalue weighted by Gasteiger charge is -2.36. The van der Waals surface area contributed by atoms with Crippen LogP contribution in [0.5, 0.6) is 0 Å². The van der Waals surface area contributed by atoms with Gasteiger partial charge in [0.05, 0.1) is 5.69 Å². The molecule has 3 heterocycles. The maximum atomic E-state index is 13.7. The second kappa shape index (κ2) is 8.31. The molecule has 1 aromatic heterocycles. The van der Waals surface area contributed by atoms with E-state index < -0.39 is 17.6 Å². The van der Waals surface area contributed by atoms with Gasteiger partial charge in [-0.3, -0.25) is 9.59 Å². The van der Waals surface area contributed by atoms with Crippen LogP contribution in [0.15, 0.2) is 48.5 Å². The van der Waals surface area contributed by atoms with Crippen LogP contribution >= 0.6 is 0 Å². The summed E-state index contributed by atoms with van der Waals surface area (Å²) in [7, 11) is 0. The number of nitrogens with zero attached hydrogens (tertiary/aromatic N) is 2. The van der Waals surface area contributed by atoms with Crippen LogP contribution in [0, 0.1) is 0 Å². The molecule has 5 rings (SSSR count). The summed E-state index contributed by atoms with van der Waals surface area (Å²) in [6, 6.07) is 14.3. The number of carbonyl (C=O) groups excluding carboxylic acids is 3. The van der Waals surface area contributed by atoms with Gasteiger partial charge < -0.3 is 15.2 Å². The smallest absolute Gasteiger partial charge is 0.328 e. The lowest BCUT2D eigenvalue weighted by Crippen LogP contribution is -2.49. The van der Waals surface area contributed by atoms with Gasteiger partial charge in [-0.1, -0.05) is 43.7 Å². The van der Waals surface area contributed by atoms with Gasteiger partial charge in [0.15, 0.2) is 5.54 Å². The third-order valence-corrected chi connectivity index (χ3v) is 7.31. The van der Waals surface area contributed by atoms with E-state index in [0.717, 1.165) is 46.3 Å². The van der Waals surface area contributed by atoms with Crippen molar-refractivity contribution in [2.24, 2.45) is 0 Å². The summed E-state index contributed by atoms with van der Waals surface area (Å²) >= 11 is 0. The summed E-state index contributed by atoms with van der Waals surface area (Å²) in [4.78, 5) is 46.2. The van der Waals surface area contributed by atoms with Crippen molar-refractivity contribution in [1.29, 1.82) is 0 Å². The highest BCUT2D eigenvalue weighted by atomic mass is 16.2. The number of hydrogen-bond donors (Lipinski definition) is 2. The van der Waals surface area contributed by atoms with Crippen LogP contribution in [-0.2, 0) is 28.0 Å². The molecule has 0 radical (unpaired) electrons. The number of H-pyrrole nitrogens is 1. The predicted octanol–water partition coefficient (Wildman–Crippen LogP) is 4.57. The fourth-order valence-electron chi connectivity index (χ4n) is 5.26. The number of anilines is 1. The van der Waals surface area contributed by atoms with Crippen molar-refractivity contribution in [2.45, 2.75) is 58.0 Å². The molecule has 34 heavy (non-hydrogen) atoms. The second-order valence-corrected chi connectivity index (χ2v) is 9.42. The number of rotatable bonds is 6. The molecule has 0 unspecified atom stereocenters. The minimum absolute atomic E-state index is 0.373. The van der Waals surface area contributed by atoms with Crippen molar-refractivity contribution in [3.05, 3.63) is 65.4 Å². The Bertz CT molecular complexity index is 1280. The van der Waals surface area contributed by atoms with Crippen LogP contribution in [0.4, 0.5) is 10.5 Å². The molecule has 3 aromatic rings. The number of urea groups is 1. The Hall–Kier alpha value is -3.61. The first-order valence-electron chi connectivity index (χ1n) is 12.0. The van der Waals surface area contributed by atoms with Crippen molar-refractivity contribution in [3.8, 4) is 0 Å². The largest absolute Gasteiger partial charge is 0.356 e. The molecular formula is C27H30N4O3. The number of nitrogens with one attached hydrogen (secondary N) is 2. The topological polar surface area (TPSA) is 85.5 Å². The normalized spacial score (nSPS) is 20.4. The molecule has 0 bridgehead atoms. The van der Waals surface area contributed by atoms with Gasteiger partial charge in [0.1, 0.15) is 6.04 Å². The Balaban J connectivity index is 1.39. The number of unbranched alkanes of at least 4 members (excludes halogenated alkanes) is 1. The van der Waals surface area contributed by atoms with Gasteiger partial charge in [0.2, 0.25) is 5.91 Å². The third kappa shape index (κ3) is 3.30. The maximum absolute atomic E-state index is 13.7. The van der Waals surface area contributed by atoms with Crippen LogP contribution in [-0.4, -0.2) is 45.2 Å². The summed E-state index contributed by atoms with van der Waals surface area (Å²) in [5.74, 6) is -0.758. The van der Waals surface area contributed by atoms with Crippen LogP contribution in [0.25, 0.3) is 10.9 Å². The number of amides is 4. The minimum Gasteiger partial charge on any atom is -0.356 e. The Morgan fingerprint density at radius 3 is 2.62 bits per heavy atom. The zero-order valence-electron chi connectivity index (χ0n) is 19.9. The number of benzene rings is 2. The van der Waals surface area contributed by atoms with E-state index in [2.05, 4.69) is 17.2 Å². The van der Waals surface area contributed by atoms with Gasteiger partial charge in [-0.05, 0) is 62.4 Å². The third-order valence-electron chi connectivity index (χ3n) is 7.31. The number of aromatic amines is 1. The molecule has 2 atom stereocenters. The second-order valence-electron chi connectivity index (χ2n) is 9.42. The molecule has 176 valence electrons. The SMILES string of the molecule is CCCCc1ccc(NC(=O)[C@H](C)N2C(=O)N3CCc4c([nH]c5ccccc45)[C@@]3(C)C2=O)cc1. The summed E-state index contributed by atoms with van der Waals surface area (Å²) in [6.45, 7) is 5.97. The van der Waals surface area contributed by atoms with Gasteiger partial charge in [-0.2, -0.15) is 0 Å². The molecule has 2 aliphatic rings. The molecule has 7 nitrogen and oxygen atoms in total. The standard InChI is InChI=1S/C27H30N4O3/c1-4-5-8-18-11-13-19(14-12-18)28-24(32)17(2)31-25(33)27(3)23-21(15-16-30(27)26(31)34)20-9-6-7-10-22(20)29-23/h6-7,9-14,17,29H,4-5,8,15-16H2,1-3H3,(H,28,32)/t17-,27-/m0/s1. The van der Waals surface area contributed by atoms with Gasteiger partial charge in [-0.25, -0.2) is 9.69 Å². The van der Waals surface area contributed by atoms with Crippen LogP contribution < -0.4 is 5.32 Å².